The van der Waals surface area contributed by atoms with Crippen LogP contribution in [0.25, 0.3) is 44.8 Å². The molecule has 0 bridgehead atoms. The third-order valence-corrected chi connectivity index (χ3v) is 12.1. The number of anilines is 2. The highest BCUT2D eigenvalue weighted by Gasteiger charge is 2.22. The summed E-state index contributed by atoms with van der Waals surface area (Å²) in [6.45, 7) is 16.5. The number of rotatable bonds is 12. The van der Waals surface area contributed by atoms with Crippen molar-refractivity contribution in [2.75, 3.05) is 51.2 Å². The average Bonchev–Trinajstić information content (AvgIpc) is 3.87. The SMILES string of the molecule is CC.CC.COc1ccc(CNC(=O)c2cc(-c3cncc(C)c3)cnc2-c2ccccc2C)nc1OC.Cc1cc(O)cc(-c2cnc(-c3cnn(C)c3)c(C(=O)NCc3ccc4c(c3)N(C)CCN4C)c2)c1. The Morgan fingerprint density at radius 1 is 0.622 bits per heavy atom. The molecule has 1 aliphatic rings. The lowest BCUT2D eigenvalue weighted by Crippen LogP contribution is -2.36. The van der Waals surface area contributed by atoms with Crippen molar-refractivity contribution in [1.29, 1.82) is 0 Å². The van der Waals surface area contributed by atoms with Crippen molar-refractivity contribution >= 4 is 23.2 Å². The summed E-state index contributed by atoms with van der Waals surface area (Å²) in [6.07, 6.45) is 10.6. The van der Waals surface area contributed by atoms with E-state index in [1.165, 1.54) is 12.8 Å². The van der Waals surface area contributed by atoms with Crippen LogP contribution in [-0.4, -0.2) is 88.0 Å². The van der Waals surface area contributed by atoms with Crippen molar-refractivity contribution in [1.82, 2.24) is 40.3 Å². The predicted octanol–water partition coefficient (Wildman–Crippen LogP) is 10.8. The predicted molar refractivity (Wildman–Crippen MR) is 296 cm³/mol. The monoisotopic (exact) mass is 997 g/mol. The zero-order chi connectivity index (χ0) is 53.5. The Balaban J connectivity index is 0.000000226. The second kappa shape index (κ2) is 25.7. The van der Waals surface area contributed by atoms with E-state index in [1.807, 2.05) is 110 Å². The van der Waals surface area contributed by atoms with Crippen LogP contribution in [0.1, 0.15) is 76.4 Å². The summed E-state index contributed by atoms with van der Waals surface area (Å²) in [4.78, 5) is 49.4. The molecule has 0 aliphatic carbocycles. The number of hydrogen-bond donors (Lipinski definition) is 3. The quantitative estimate of drug-likeness (QED) is 0.106. The van der Waals surface area contributed by atoms with Crippen LogP contribution in [0, 0.1) is 20.8 Å². The van der Waals surface area contributed by atoms with Crippen LogP contribution in [0.4, 0.5) is 11.4 Å². The molecule has 0 spiro atoms. The molecule has 0 unspecified atom stereocenters. The van der Waals surface area contributed by atoms with Crippen molar-refractivity contribution in [3.8, 4) is 62.1 Å². The molecule has 3 aromatic carbocycles. The maximum absolute atomic E-state index is 13.5. The Labute approximate surface area is 435 Å². The highest BCUT2D eigenvalue weighted by molar-refractivity contribution is 6.02. The minimum atomic E-state index is -0.246. The van der Waals surface area contributed by atoms with Crippen LogP contribution in [0.2, 0.25) is 0 Å². The van der Waals surface area contributed by atoms with Gasteiger partial charge in [0.2, 0.25) is 0 Å². The van der Waals surface area contributed by atoms with Crippen molar-refractivity contribution in [2.24, 2.45) is 7.05 Å². The van der Waals surface area contributed by atoms with Gasteiger partial charge in [0.05, 0.1) is 66.5 Å². The Morgan fingerprint density at radius 2 is 1.26 bits per heavy atom. The van der Waals surface area contributed by atoms with Gasteiger partial charge in [-0.05, 0) is 103 Å². The maximum Gasteiger partial charge on any atom is 0.257 e. The third-order valence-electron chi connectivity index (χ3n) is 12.1. The van der Waals surface area contributed by atoms with E-state index in [0.29, 0.717) is 46.4 Å². The van der Waals surface area contributed by atoms with Gasteiger partial charge in [-0.15, -0.1) is 0 Å². The number of likely N-dealkylation sites (N-methyl/N-ethyl adjacent to an activating group) is 2. The molecule has 0 saturated heterocycles. The van der Waals surface area contributed by atoms with E-state index in [9.17, 15) is 14.7 Å². The van der Waals surface area contributed by atoms with Gasteiger partial charge in [-0.2, -0.15) is 5.10 Å². The zero-order valence-corrected chi connectivity index (χ0v) is 44.6. The second-order valence-electron chi connectivity index (χ2n) is 17.3. The van der Waals surface area contributed by atoms with Crippen molar-refractivity contribution in [3.05, 3.63) is 167 Å². The minimum absolute atomic E-state index is 0.176. The highest BCUT2D eigenvalue weighted by atomic mass is 16.5. The first kappa shape index (κ1) is 54.7. The smallest absolute Gasteiger partial charge is 0.257 e. The first-order valence-electron chi connectivity index (χ1n) is 24.8. The molecule has 15 heteroatoms. The number of fused-ring (bicyclic) bond motifs is 1. The summed E-state index contributed by atoms with van der Waals surface area (Å²) < 4.78 is 12.2. The largest absolute Gasteiger partial charge is 0.508 e. The summed E-state index contributed by atoms with van der Waals surface area (Å²) in [5.74, 6) is 0.608. The normalized spacial score (nSPS) is 11.4. The Hall–Kier alpha value is -8.59. The number of carbonyl (C=O) groups is 2. The summed E-state index contributed by atoms with van der Waals surface area (Å²) in [6, 6.07) is 28.8. The first-order valence-corrected chi connectivity index (χ1v) is 24.8. The molecule has 3 N–H and O–H groups in total. The van der Waals surface area contributed by atoms with E-state index in [2.05, 4.69) is 72.8 Å². The number of nitrogens with zero attached hydrogens (tertiary/aromatic N) is 8. The first-order chi connectivity index (χ1) is 35.8. The molecule has 8 aromatic rings. The topological polar surface area (TPSA) is 173 Å². The number of carbonyl (C=O) groups excluding carboxylic acids is 2. The summed E-state index contributed by atoms with van der Waals surface area (Å²) >= 11 is 0. The fraction of sp³-hybridized carbons (Fsp3) is 0.271. The van der Waals surface area contributed by atoms with Crippen LogP contribution < -0.4 is 29.9 Å². The molecular formula is C59H68N10O5. The molecule has 74 heavy (non-hydrogen) atoms. The van der Waals surface area contributed by atoms with Crippen LogP contribution in [0.5, 0.6) is 17.4 Å². The molecule has 0 fully saturated rings. The number of amides is 2. The lowest BCUT2D eigenvalue weighted by Gasteiger charge is -2.35. The second-order valence-corrected chi connectivity index (χ2v) is 17.3. The minimum Gasteiger partial charge on any atom is -0.508 e. The number of aromatic hydroxyl groups is 1. The fourth-order valence-corrected chi connectivity index (χ4v) is 8.32. The molecule has 5 aromatic heterocycles. The van der Waals surface area contributed by atoms with E-state index in [4.69, 9.17) is 14.5 Å². The lowest BCUT2D eigenvalue weighted by atomic mass is 9.98. The molecule has 0 atom stereocenters. The third kappa shape index (κ3) is 13.3. The van der Waals surface area contributed by atoms with Gasteiger partial charge in [-0.25, -0.2) is 4.98 Å². The number of methoxy groups -OCH3 is 2. The summed E-state index contributed by atoms with van der Waals surface area (Å²) in [5.41, 5.74) is 14.1. The molecule has 6 heterocycles. The van der Waals surface area contributed by atoms with Gasteiger partial charge in [0.1, 0.15) is 5.75 Å². The van der Waals surface area contributed by atoms with Crippen LogP contribution >= 0.6 is 0 Å². The number of hydrogen-bond acceptors (Lipinski definition) is 12. The Morgan fingerprint density at radius 3 is 1.91 bits per heavy atom. The lowest BCUT2D eigenvalue weighted by molar-refractivity contribution is 0.0943. The number of ether oxygens (including phenoxy) is 2. The van der Waals surface area contributed by atoms with Gasteiger partial charge in [0.25, 0.3) is 17.7 Å². The van der Waals surface area contributed by atoms with Gasteiger partial charge < -0.3 is 35.0 Å². The zero-order valence-electron chi connectivity index (χ0n) is 44.6. The molecule has 15 nitrogen and oxygen atoms in total. The molecule has 2 amide bonds. The average molecular weight is 997 g/mol. The fourth-order valence-electron chi connectivity index (χ4n) is 8.32. The number of benzene rings is 3. The van der Waals surface area contributed by atoms with Crippen molar-refractivity contribution in [2.45, 2.75) is 61.6 Å². The van der Waals surface area contributed by atoms with Crippen molar-refractivity contribution in [3.63, 3.8) is 0 Å². The van der Waals surface area contributed by atoms with Crippen LogP contribution in [0.3, 0.4) is 0 Å². The molecule has 384 valence electrons. The van der Waals surface area contributed by atoms with Gasteiger partial charge >= 0.3 is 0 Å². The van der Waals surface area contributed by atoms with E-state index < -0.39 is 0 Å². The Bertz CT molecular complexity index is 3190. The summed E-state index contributed by atoms with van der Waals surface area (Å²) in [5, 5.41) is 20.4. The maximum atomic E-state index is 13.5. The number of phenols is 1. The molecule has 0 radical (unpaired) electrons. The molecular weight excluding hydrogens is 929 g/mol. The van der Waals surface area contributed by atoms with E-state index in [0.717, 1.165) is 74.4 Å². The number of aryl methyl sites for hydroxylation is 4. The van der Waals surface area contributed by atoms with Crippen molar-refractivity contribution < 1.29 is 24.2 Å². The van der Waals surface area contributed by atoms with Crippen LogP contribution in [-0.2, 0) is 20.1 Å². The molecule has 1 aliphatic heterocycles. The van der Waals surface area contributed by atoms with Gasteiger partial charge in [0, 0.05) is 99.6 Å². The van der Waals surface area contributed by atoms with Gasteiger partial charge in [0.15, 0.2) is 5.75 Å². The molecule has 9 rings (SSSR count). The van der Waals surface area contributed by atoms with E-state index in [1.54, 1.807) is 67.0 Å². The number of phenolic OH excluding ortho intramolecular Hbond substituents is 1. The number of nitrogens with one attached hydrogen (secondary N) is 2. The van der Waals surface area contributed by atoms with Crippen LogP contribution in [0.15, 0.2) is 128 Å². The summed E-state index contributed by atoms with van der Waals surface area (Å²) in [7, 11) is 9.10. The standard InChI is InChI=1S/C28H30N6O2.C27H26N4O3.2C2H6/c1-18-9-20(12-23(35)10-18)21-13-24(27(29-15-21)22-16-31-34(4)17-22)28(36)30-14-19-5-6-25-26(11-19)33(3)8-7-32(25)2;1-17-11-19(14-28-13-17)20-12-23(25(29-15-20)22-8-6-5-7-18(22)2)26(32)30-16-21-9-10-24(33-3)27(31-21)34-4;2*1-2/h5-6,9-13,15-17,35H,7-8,14H2,1-4H3,(H,30,36);5-15H,16H2,1-4H3,(H,30,32);2*1-2H3. The molecule has 0 saturated carbocycles. The highest BCUT2D eigenvalue weighted by Crippen LogP contribution is 2.34. The van der Waals surface area contributed by atoms with Gasteiger partial charge in [-0.1, -0.05) is 64.1 Å². The van der Waals surface area contributed by atoms with Gasteiger partial charge in [-0.3, -0.25) is 29.2 Å². The number of aromatic nitrogens is 6. The van der Waals surface area contributed by atoms with E-state index in [-0.39, 0.29) is 24.1 Å². The Kier molecular flexibility index (Phi) is 19.0. The van der Waals surface area contributed by atoms with E-state index >= 15 is 0 Å². The number of pyridine rings is 4.